The molecule has 154 valence electrons. The Bertz CT molecular complexity index is 1020. The fourth-order valence-electron chi connectivity index (χ4n) is 4.07. The minimum absolute atomic E-state index is 0.0784. The van der Waals surface area contributed by atoms with Crippen molar-refractivity contribution in [3.05, 3.63) is 59.4 Å². The molecule has 0 radical (unpaired) electrons. The molecule has 0 spiro atoms. The Labute approximate surface area is 174 Å². The molecule has 0 amide bonds. The van der Waals surface area contributed by atoms with Crippen LogP contribution in [0, 0.1) is 12.3 Å². The lowest BCUT2D eigenvalue weighted by Crippen LogP contribution is -2.36. The lowest BCUT2D eigenvalue weighted by atomic mass is 9.82. The molecule has 0 aliphatic carbocycles. The number of benzene rings is 1. The van der Waals surface area contributed by atoms with Crippen LogP contribution in [0.5, 0.6) is 5.75 Å². The minimum atomic E-state index is -0.0784. The second-order valence-electron chi connectivity index (χ2n) is 9.60. The number of aryl methyl sites for hydroxylation is 1. The van der Waals surface area contributed by atoms with Crippen LogP contribution in [0.3, 0.4) is 0 Å². The number of nitrogens with zero attached hydrogens (tertiary/aromatic N) is 2. The number of para-hydroxylation sites is 1. The van der Waals surface area contributed by atoms with Crippen LogP contribution < -0.4 is 10.1 Å². The number of methoxy groups -OCH3 is 1. The summed E-state index contributed by atoms with van der Waals surface area (Å²) < 4.78 is 7.64. The van der Waals surface area contributed by atoms with Gasteiger partial charge in [-0.1, -0.05) is 45.0 Å². The zero-order chi connectivity index (χ0) is 21.2. The number of hydrogen-bond donors (Lipinski definition) is 1. The maximum atomic E-state index is 5.48. The Morgan fingerprint density at radius 3 is 2.45 bits per heavy atom. The van der Waals surface area contributed by atoms with Gasteiger partial charge in [-0.05, 0) is 62.5 Å². The van der Waals surface area contributed by atoms with Crippen LogP contribution in [0.25, 0.3) is 17.8 Å². The van der Waals surface area contributed by atoms with Crippen molar-refractivity contribution >= 4 is 23.6 Å². The van der Waals surface area contributed by atoms with Gasteiger partial charge in [0, 0.05) is 17.3 Å². The quantitative estimate of drug-likeness (QED) is 0.525. The van der Waals surface area contributed by atoms with Crippen molar-refractivity contribution in [2.45, 2.75) is 53.5 Å². The van der Waals surface area contributed by atoms with E-state index in [0.717, 1.165) is 34.9 Å². The van der Waals surface area contributed by atoms with Crippen molar-refractivity contribution in [3.63, 3.8) is 0 Å². The monoisotopic (exact) mass is 391 g/mol. The standard InChI is InChI=1S/C25H33N3O/c1-18-12-15-22-26-20(14-13-19-10-8-9-11-21(19)29-7)23(28(22)16-18)27-25(5,6)17-24(2,3)4/h8-16,27H,17H2,1-7H3. The van der Waals surface area contributed by atoms with Crippen LogP contribution in [0.15, 0.2) is 42.6 Å². The lowest BCUT2D eigenvalue weighted by Gasteiger charge is -2.34. The second-order valence-corrected chi connectivity index (χ2v) is 9.60. The fraction of sp³-hybridized carbons (Fsp3) is 0.400. The number of ether oxygens (including phenoxy) is 1. The van der Waals surface area contributed by atoms with Gasteiger partial charge in [-0.2, -0.15) is 0 Å². The Kier molecular flexibility index (Phi) is 5.74. The maximum absolute atomic E-state index is 5.48. The highest BCUT2D eigenvalue weighted by Gasteiger charge is 2.27. The molecule has 2 aromatic heterocycles. The third-order valence-electron chi connectivity index (χ3n) is 4.78. The molecule has 3 rings (SSSR count). The molecule has 29 heavy (non-hydrogen) atoms. The van der Waals surface area contributed by atoms with E-state index in [1.165, 1.54) is 5.56 Å². The first kappa shape index (κ1) is 21.0. The number of anilines is 1. The summed E-state index contributed by atoms with van der Waals surface area (Å²) in [6, 6.07) is 12.2. The summed E-state index contributed by atoms with van der Waals surface area (Å²) in [4.78, 5) is 4.88. The third kappa shape index (κ3) is 5.20. The van der Waals surface area contributed by atoms with Gasteiger partial charge >= 0.3 is 0 Å². The van der Waals surface area contributed by atoms with Crippen LogP contribution >= 0.6 is 0 Å². The van der Waals surface area contributed by atoms with Crippen molar-refractivity contribution in [3.8, 4) is 5.75 Å². The van der Waals surface area contributed by atoms with E-state index >= 15 is 0 Å². The predicted molar refractivity (Wildman–Crippen MR) is 124 cm³/mol. The normalized spacial score (nSPS) is 12.7. The molecule has 0 fully saturated rings. The average Bonchev–Trinajstić information content (AvgIpc) is 2.94. The molecule has 1 aromatic carbocycles. The van der Waals surface area contributed by atoms with Crippen molar-refractivity contribution in [1.82, 2.24) is 9.38 Å². The van der Waals surface area contributed by atoms with Gasteiger partial charge in [-0.25, -0.2) is 4.98 Å². The zero-order valence-corrected chi connectivity index (χ0v) is 18.7. The van der Waals surface area contributed by atoms with E-state index in [2.05, 4.69) is 81.7 Å². The summed E-state index contributed by atoms with van der Waals surface area (Å²) in [5.74, 6) is 1.87. The molecule has 0 saturated carbocycles. The Morgan fingerprint density at radius 1 is 1.03 bits per heavy atom. The van der Waals surface area contributed by atoms with Gasteiger partial charge in [-0.15, -0.1) is 0 Å². The summed E-state index contributed by atoms with van der Waals surface area (Å²) in [5.41, 5.74) is 4.23. The molecule has 4 nitrogen and oxygen atoms in total. The first-order valence-electron chi connectivity index (χ1n) is 10.2. The van der Waals surface area contributed by atoms with Crippen LogP contribution in [0.4, 0.5) is 5.82 Å². The lowest BCUT2D eigenvalue weighted by molar-refractivity contribution is 0.302. The SMILES string of the molecule is COc1ccccc1C=Cc1nc2ccc(C)cn2c1NC(C)(C)CC(C)(C)C. The van der Waals surface area contributed by atoms with Gasteiger partial charge in [0.2, 0.25) is 0 Å². The van der Waals surface area contributed by atoms with E-state index < -0.39 is 0 Å². The molecule has 0 unspecified atom stereocenters. The second kappa shape index (κ2) is 7.94. The molecule has 0 atom stereocenters. The smallest absolute Gasteiger partial charge is 0.139 e. The predicted octanol–water partition coefficient (Wildman–Crippen LogP) is 6.45. The van der Waals surface area contributed by atoms with Crippen LogP contribution in [-0.4, -0.2) is 22.0 Å². The highest BCUT2D eigenvalue weighted by atomic mass is 16.5. The molecule has 0 saturated heterocycles. The van der Waals surface area contributed by atoms with Gasteiger partial charge in [0.1, 0.15) is 22.9 Å². The van der Waals surface area contributed by atoms with Gasteiger partial charge in [-0.3, -0.25) is 4.40 Å². The highest BCUT2D eigenvalue weighted by Crippen LogP contribution is 2.32. The van der Waals surface area contributed by atoms with Crippen molar-refractivity contribution in [2.75, 3.05) is 12.4 Å². The van der Waals surface area contributed by atoms with E-state index in [9.17, 15) is 0 Å². The molecule has 2 heterocycles. The van der Waals surface area contributed by atoms with Gasteiger partial charge in [0.05, 0.1) is 7.11 Å². The first-order chi connectivity index (χ1) is 13.6. The Hall–Kier alpha value is -2.75. The summed E-state index contributed by atoms with van der Waals surface area (Å²) in [5, 5.41) is 3.78. The molecular weight excluding hydrogens is 358 g/mol. The molecule has 1 N–H and O–H groups in total. The summed E-state index contributed by atoms with van der Waals surface area (Å²) >= 11 is 0. The number of hydrogen-bond acceptors (Lipinski definition) is 3. The van der Waals surface area contributed by atoms with Crippen LogP contribution in [-0.2, 0) is 0 Å². The number of nitrogens with one attached hydrogen (secondary N) is 1. The zero-order valence-electron chi connectivity index (χ0n) is 18.7. The van der Waals surface area contributed by atoms with Crippen LogP contribution in [0.1, 0.15) is 57.9 Å². The largest absolute Gasteiger partial charge is 0.496 e. The average molecular weight is 392 g/mol. The summed E-state index contributed by atoms with van der Waals surface area (Å²) in [6.45, 7) is 13.4. The third-order valence-corrected chi connectivity index (χ3v) is 4.78. The number of pyridine rings is 1. The molecule has 3 aromatic rings. The number of rotatable bonds is 6. The number of aromatic nitrogens is 2. The van der Waals surface area contributed by atoms with Crippen molar-refractivity contribution in [1.29, 1.82) is 0 Å². The maximum Gasteiger partial charge on any atom is 0.139 e. The number of fused-ring (bicyclic) bond motifs is 1. The van der Waals surface area contributed by atoms with Gasteiger partial charge in [0.25, 0.3) is 0 Å². The highest BCUT2D eigenvalue weighted by molar-refractivity contribution is 5.77. The fourth-order valence-corrected chi connectivity index (χ4v) is 4.07. The van der Waals surface area contributed by atoms with E-state index in [0.29, 0.717) is 0 Å². The molecule has 4 heteroatoms. The van der Waals surface area contributed by atoms with E-state index in [1.54, 1.807) is 7.11 Å². The molecule has 0 aliphatic heterocycles. The summed E-state index contributed by atoms with van der Waals surface area (Å²) in [6.07, 6.45) is 7.30. The van der Waals surface area contributed by atoms with E-state index in [4.69, 9.17) is 9.72 Å². The van der Waals surface area contributed by atoms with Gasteiger partial charge in [0.15, 0.2) is 0 Å². The minimum Gasteiger partial charge on any atom is -0.496 e. The Morgan fingerprint density at radius 2 is 1.76 bits per heavy atom. The van der Waals surface area contributed by atoms with E-state index in [1.807, 2.05) is 24.3 Å². The first-order valence-corrected chi connectivity index (χ1v) is 10.2. The topological polar surface area (TPSA) is 38.6 Å². The summed E-state index contributed by atoms with van der Waals surface area (Å²) in [7, 11) is 1.70. The molecule has 0 aliphatic rings. The Balaban J connectivity index is 2.05. The van der Waals surface area contributed by atoms with Crippen LogP contribution in [0.2, 0.25) is 0 Å². The molecular formula is C25H33N3O. The van der Waals surface area contributed by atoms with E-state index in [-0.39, 0.29) is 11.0 Å². The van der Waals surface area contributed by atoms with Gasteiger partial charge < -0.3 is 10.1 Å². The number of imidazole rings is 1. The van der Waals surface area contributed by atoms with Crippen molar-refractivity contribution in [2.24, 2.45) is 5.41 Å². The van der Waals surface area contributed by atoms with Crippen molar-refractivity contribution < 1.29 is 4.74 Å². The molecule has 0 bridgehead atoms.